The van der Waals surface area contributed by atoms with E-state index in [4.69, 9.17) is 9.47 Å². The molecule has 6 heteroatoms. The molecule has 2 aromatic carbocycles. The van der Waals surface area contributed by atoms with Crippen molar-refractivity contribution in [1.82, 2.24) is 5.43 Å². The molecule has 1 atom stereocenters. The van der Waals surface area contributed by atoms with Crippen molar-refractivity contribution < 1.29 is 19.4 Å². The first-order valence-electron chi connectivity index (χ1n) is 7.02. The molecule has 0 spiro atoms. The van der Waals surface area contributed by atoms with Crippen LogP contribution in [-0.2, 0) is 4.79 Å². The number of phenolic OH excluding ortho intramolecular Hbond substituents is 1. The van der Waals surface area contributed by atoms with Gasteiger partial charge in [0.05, 0.1) is 13.3 Å². The summed E-state index contributed by atoms with van der Waals surface area (Å²) < 4.78 is 10.5. The first-order valence-corrected chi connectivity index (χ1v) is 7.02. The van der Waals surface area contributed by atoms with Gasteiger partial charge in [0.25, 0.3) is 5.91 Å². The number of phenols is 1. The topological polar surface area (TPSA) is 80.2 Å². The van der Waals surface area contributed by atoms with E-state index in [1.165, 1.54) is 19.4 Å². The maximum atomic E-state index is 11.9. The van der Waals surface area contributed by atoms with Crippen LogP contribution in [0.15, 0.2) is 53.6 Å². The number of aromatic hydroxyl groups is 1. The van der Waals surface area contributed by atoms with Gasteiger partial charge in [-0.15, -0.1) is 0 Å². The van der Waals surface area contributed by atoms with Crippen molar-refractivity contribution in [2.24, 2.45) is 5.10 Å². The zero-order valence-electron chi connectivity index (χ0n) is 12.9. The molecule has 0 aliphatic heterocycles. The van der Waals surface area contributed by atoms with E-state index in [2.05, 4.69) is 10.5 Å². The maximum Gasteiger partial charge on any atom is 0.280 e. The number of hydrogen-bond donors (Lipinski definition) is 2. The molecule has 0 saturated heterocycles. The normalized spacial score (nSPS) is 11.9. The summed E-state index contributed by atoms with van der Waals surface area (Å²) in [6.45, 7) is 1.64. The summed E-state index contributed by atoms with van der Waals surface area (Å²) in [5, 5.41) is 13.4. The predicted octanol–water partition coefficient (Wildman–Crippen LogP) is 2.32. The number of hydrazone groups is 1. The summed E-state index contributed by atoms with van der Waals surface area (Å²) in [5.74, 6) is 0.623. The zero-order chi connectivity index (χ0) is 16.7. The Kier molecular flexibility index (Phi) is 5.57. The number of carbonyl (C=O) groups excluding carboxylic acids is 1. The highest BCUT2D eigenvalue weighted by molar-refractivity contribution is 5.84. The van der Waals surface area contributed by atoms with Crippen LogP contribution in [0.1, 0.15) is 12.5 Å². The van der Waals surface area contributed by atoms with E-state index in [0.29, 0.717) is 17.1 Å². The van der Waals surface area contributed by atoms with Crippen LogP contribution in [0, 0.1) is 0 Å². The summed E-state index contributed by atoms with van der Waals surface area (Å²) in [7, 11) is 1.46. The molecule has 0 aromatic heterocycles. The summed E-state index contributed by atoms with van der Waals surface area (Å²) in [6.07, 6.45) is 0.777. The zero-order valence-corrected chi connectivity index (χ0v) is 12.9. The average Bonchev–Trinajstić information content (AvgIpc) is 2.57. The lowest BCUT2D eigenvalue weighted by Crippen LogP contribution is -2.33. The Morgan fingerprint density at radius 1 is 1.26 bits per heavy atom. The van der Waals surface area contributed by atoms with Gasteiger partial charge in [-0.1, -0.05) is 18.2 Å². The molecule has 1 amide bonds. The third-order valence-corrected chi connectivity index (χ3v) is 3.02. The van der Waals surface area contributed by atoms with Crippen molar-refractivity contribution in [3.63, 3.8) is 0 Å². The van der Waals surface area contributed by atoms with Crippen LogP contribution in [-0.4, -0.2) is 30.4 Å². The van der Waals surface area contributed by atoms with Gasteiger partial charge in [-0.05, 0) is 42.8 Å². The van der Waals surface area contributed by atoms with Gasteiger partial charge < -0.3 is 14.6 Å². The highest BCUT2D eigenvalue weighted by Crippen LogP contribution is 2.25. The van der Waals surface area contributed by atoms with Crippen molar-refractivity contribution in [1.29, 1.82) is 0 Å². The standard InChI is InChI=1S/C17H18N2O4/c1-12(23-14-6-4-3-5-7-14)17(21)19-18-11-13-8-9-15(20)16(10-13)22-2/h3-12,20H,1-2H3,(H,19,21)/b18-11+. The van der Waals surface area contributed by atoms with Gasteiger partial charge in [-0.25, -0.2) is 5.43 Å². The van der Waals surface area contributed by atoms with E-state index < -0.39 is 6.10 Å². The lowest BCUT2D eigenvalue weighted by atomic mass is 10.2. The Morgan fingerprint density at radius 3 is 2.70 bits per heavy atom. The summed E-state index contributed by atoms with van der Waals surface area (Å²) in [5.41, 5.74) is 3.08. The Labute approximate surface area is 134 Å². The second-order valence-corrected chi connectivity index (χ2v) is 4.74. The number of carbonyl (C=O) groups is 1. The van der Waals surface area contributed by atoms with E-state index in [1.54, 1.807) is 31.2 Å². The Bertz CT molecular complexity index is 686. The van der Waals surface area contributed by atoms with E-state index >= 15 is 0 Å². The maximum absolute atomic E-state index is 11.9. The van der Waals surface area contributed by atoms with Crippen molar-refractivity contribution >= 4 is 12.1 Å². The molecule has 2 N–H and O–H groups in total. The number of nitrogens with one attached hydrogen (secondary N) is 1. The highest BCUT2D eigenvalue weighted by Gasteiger charge is 2.13. The van der Waals surface area contributed by atoms with E-state index in [-0.39, 0.29) is 11.7 Å². The molecule has 0 radical (unpaired) electrons. The van der Waals surface area contributed by atoms with Gasteiger partial charge in [0, 0.05) is 0 Å². The van der Waals surface area contributed by atoms with Crippen LogP contribution >= 0.6 is 0 Å². The molecule has 0 heterocycles. The fourth-order valence-electron chi connectivity index (χ4n) is 1.79. The summed E-state index contributed by atoms with van der Waals surface area (Å²) >= 11 is 0. The minimum absolute atomic E-state index is 0.0403. The number of rotatable bonds is 6. The predicted molar refractivity (Wildman–Crippen MR) is 86.9 cm³/mol. The van der Waals surface area contributed by atoms with Crippen molar-refractivity contribution in [2.75, 3.05) is 7.11 Å². The van der Waals surface area contributed by atoms with Crippen LogP contribution in [0.25, 0.3) is 0 Å². The van der Waals surface area contributed by atoms with Crippen molar-refractivity contribution in [3.8, 4) is 17.2 Å². The quantitative estimate of drug-likeness (QED) is 0.633. The Hall–Kier alpha value is -3.02. The fourth-order valence-corrected chi connectivity index (χ4v) is 1.79. The van der Waals surface area contributed by atoms with Crippen molar-refractivity contribution in [3.05, 3.63) is 54.1 Å². The minimum Gasteiger partial charge on any atom is -0.504 e. The smallest absolute Gasteiger partial charge is 0.280 e. The molecule has 0 aliphatic rings. The molecule has 120 valence electrons. The van der Waals surface area contributed by atoms with Gasteiger partial charge in [0.2, 0.25) is 0 Å². The van der Waals surface area contributed by atoms with Crippen molar-refractivity contribution in [2.45, 2.75) is 13.0 Å². The largest absolute Gasteiger partial charge is 0.504 e. The number of para-hydroxylation sites is 1. The van der Waals surface area contributed by atoms with Gasteiger partial charge in [-0.2, -0.15) is 5.10 Å². The molecule has 6 nitrogen and oxygen atoms in total. The van der Waals surface area contributed by atoms with Gasteiger partial charge >= 0.3 is 0 Å². The van der Waals surface area contributed by atoms with Crippen LogP contribution in [0.4, 0.5) is 0 Å². The van der Waals surface area contributed by atoms with Gasteiger partial charge in [0.1, 0.15) is 5.75 Å². The number of ether oxygens (including phenoxy) is 2. The lowest BCUT2D eigenvalue weighted by molar-refractivity contribution is -0.127. The third kappa shape index (κ3) is 4.74. The number of amides is 1. The molecular weight excluding hydrogens is 296 g/mol. The fraction of sp³-hybridized carbons (Fsp3) is 0.176. The first kappa shape index (κ1) is 16.4. The monoisotopic (exact) mass is 314 g/mol. The molecule has 0 fully saturated rings. The lowest BCUT2D eigenvalue weighted by Gasteiger charge is -2.12. The number of nitrogens with zero attached hydrogens (tertiary/aromatic N) is 1. The Morgan fingerprint density at radius 2 is 2.00 bits per heavy atom. The second-order valence-electron chi connectivity index (χ2n) is 4.74. The second kappa shape index (κ2) is 7.84. The first-order chi connectivity index (χ1) is 11.1. The van der Waals surface area contributed by atoms with E-state index in [9.17, 15) is 9.90 Å². The van der Waals surface area contributed by atoms with Crippen LogP contribution in [0.3, 0.4) is 0 Å². The molecule has 2 aromatic rings. The number of hydrogen-bond acceptors (Lipinski definition) is 5. The molecule has 2 rings (SSSR count). The van der Waals surface area contributed by atoms with E-state index in [0.717, 1.165) is 0 Å². The third-order valence-electron chi connectivity index (χ3n) is 3.02. The number of methoxy groups -OCH3 is 1. The highest BCUT2D eigenvalue weighted by atomic mass is 16.5. The summed E-state index contributed by atoms with van der Waals surface area (Å²) in [4.78, 5) is 11.9. The minimum atomic E-state index is -0.677. The van der Waals surface area contributed by atoms with Crippen LogP contribution in [0.5, 0.6) is 17.2 Å². The van der Waals surface area contributed by atoms with Gasteiger partial charge in [-0.3, -0.25) is 4.79 Å². The summed E-state index contributed by atoms with van der Waals surface area (Å²) in [6, 6.07) is 13.8. The molecule has 0 bridgehead atoms. The molecule has 23 heavy (non-hydrogen) atoms. The van der Waals surface area contributed by atoms with E-state index in [1.807, 2.05) is 18.2 Å². The molecule has 0 aliphatic carbocycles. The van der Waals surface area contributed by atoms with Gasteiger partial charge in [0.15, 0.2) is 17.6 Å². The molecule has 0 saturated carbocycles. The van der Waals surface area contributed by atoms with Crippen LogP contribution < -0.4 is 14.9 Å². The SMILES string of the molecule is COc1cc(/C=N/NC(=O)C(C)Oc2ccccc2)ccc1O. The average molecular weight is 314 g/mol. The molecular formula is C17H18N2O4. The number of benzene rings is 2. The van der Waals surface area contributed by atoms with Crippen LogP contribution in [0.2, 0.25) is 0 Å². The molecule has 1 unspecified atom stereocenters. The Balaban J connectivity index is 1.90.